The summed E-state index contributed by atoms with van der Waals surface area (Å²) in [6.45, 7) is 2.83. The van der Waals surface area contributed by atoms with Gasteiger partial charge in [-0.2, -0.15) is 0 Å². The fourth-order valence-electron chi connectivity index (χ4n) is 3.88. The molecule has 1 fully saturated rings. The molecule has 1 aliphatic rings. The second-order valence-corrected chi connectivity index (χ2v) is 7.73. The Morgan fingerprint density at radius 3 is 2.23 bits per heavy atom. The Morgan fingerprint density at radius 2 is 1.50 bits per heavy atom. The lowest BCUT2D eigenvalue weighted by Gasteiger charge is -2.31. The molecule has 0 unspecified atom stereocenters. The number of carbonyl (C=O) groups is 1. The summed E-state index contributed by atoms with van der Waals surface area (Å²) in [6.07, 6.45) is 2.19. The fourth-order valence-corrected chi connectivity index (χ4v) is 3.88. The minimum atomic E-state index is 0.0297. The van der Waals surface area contributed by atoms with Gasteiger partial charge in [0.1, 0.15) is 0 Å². The molecule has 0 saturated carbocycles. The molecule has 1 N–H and O–H groups in total. The summed E-state index contributed by atoms with van der Waals surface area (Å²) in [7, 11) is 0. The second kappa shape index (κ2) is 10.2. The van der Waals surface area contributed by atoms with Crippen LogP contribution in [-0.4, -0.2) is 36.5 Å². The van der Waals surface area contributed by atoms with E-state index < -0.39 is 0 Å². The predicted octanol–water partition coefficient (Wildman–Crippen LogP) is 4.97. The zero-order chi connectivity index (χ0) is 20.6. The highest BCUT2D eigenvalue weighted by Gasteiger charge is 2.21. The van der Waals surface area contributed by atoms with Crippen molar-refractivity contribution in [1.29, 1.82) is 0 Å². The van der Waals surface area contributed by atoms with Crippen LogP contribution < -0.4 is 5.32 Å². The van der Waals surface area contributed by atoms with Crippen molar-refractivity contribution in [3.05, 3.63) is 90.5 Å². The molecule has 1 amide bonds. The molecule has 4 heteroatoms. The number of carbonyl (C=O) groups excluding carboxylic acids is 1. The first kappa shape index (κ1) is 20.3. The van der Waals surface area contributed by atoms with Gasteiger partial charge in [-0.3, -0.25) is 9.69 Å². The van der Waals surface area contributed by atoms with Crippen molar-refractivity contribution < 1.29 is 9.53 Å². The molecule has 4 rings (SSSR count). The van der Waals surface area contributed by atoms with Crippen molar-refractivity contribution in [3.8, 4) is 11.1 Å². The van der Waals surface area contributed by atoms with Crippen LogP contribution in [0.5, 0.6) is 0 Å². The minimum absolute atomic E-state index is 0.0297. The number of nitrogens with zero attached hydrogens (tertiary/aromatic N) is 1. The van der Waals surface area contributed by atoms with E-state index >= 15 is 0 Å². The number of hydrogen-bond donors (Lipinski definition) is 1. The summed E-state index contributed by atoms with van der Waals surface area (Å²) < 4.78 is 6.06. The Bertz CT molecular complexity index is 936. The number of para-hydroxylation sites is 1. The van der Waals surface area contributed by atoms with E-state index in [-0.39, 0.29) is 12.0 Å². The molecule has 0 aliphatic carbocycles. The smallest absolute Gasteiger partial charge is 0.238 e. The first-order valence-corrected chi connectivity index (χ1v) is 10.6. The molecular weight excluding hydrogens is 372 g/mol. The Hall–Kier alpha value is -2.95. The van der Waals surface area contributed by atoms with E-state index in [9.17, 15) is 4.79 Å². The highest BCUT2D eigenvalue weighted by atomic mass is 16.5. The lowest BCUT2D eigenvalue weighted by Crippen LogP contribution is -2.41. The third-order valence-electron chi connectivity index (χ3n) is 5.52. The van der Waals surface area contributed by atoms with Crippen LogP contribution in [0.1, 0.15) is 18.4 Å². The molecule has 0 radical (unpaired) electrons. The van der Waals surface area contributed by atoms with Crippen molar-refractivity contribution >= 4 is 11.6 Å². The molecule has 3 aromatic rings. The van der Waals surface area contributed by atoms with Crippen molar-refractivity contribution in [2.45, 2.75) is 25.6 Å². The lowest BCUT2D eigenvalue weighted by molar-refractivity contribution is -0.118. The number of amides is 1. The van der Waals surface area contributed by atoms with Crippen molar-refractivity contribution in [2.75, 3.05) is 25.0 Å². The normalized spacial score (nSPS) is 15.1. The van der Waals surface area contributed by atoms with E-state index in [1.54, 1.807) is 0 Å². The van der Waals surface area contributed by atoms with E-state index in [0.717, 1.165) is 42.7 Å². The first-order chi connectivity index (χ1) is 14.8. The average molecular weight is 401 g/mol. The van der Waals surface area contributed by atoms with Gasteiger partial charge in [0.15, 0.2) is 0 Å². The molecule has 1 saturated heterocycles. The fraction of sp³-hybridized carbons (Fsp3) is 0.269. The minimum Gasteiger partial charge on any atom is -0.373 e. The molecular formula is C26H28N2O2. The summed E-state index contributed by atoms with van der Waals surface area (Å²) in [5.74, 6) is 0.0297. The number of likely N-dealkylation sites (tertiary alicyclic amines) is 1. The van der Waals surface area contributed by atoms with Crippen LogP contribution in [0.3, 0.4) is 0 Å². The van der Waals surface area contributed by atoms with Crippen molar-refractivity contribution in [2.24, 2.45) is 0 Å². The molecule has 4 nitrogen and oxygen atoms in total. The molecule has 1 heterocycles. The van der Waals surface area contributed by atoms with E-state index in [0.29, 0.717) is 13.2 Å². The average Bonchev–Trinajstić information content (AvgIpc) is 2.80. The molecule has 3 aromatic carbocycles. The summed E-state index contributed by atoms with van der Waals surface area (Å²) >= 11 is 0. The third kappa shape index (κ3) is 5.56. The predicted molar refractivity (Wildman–Crippen MR) is 121 cm³/mol. The zero-order valence-electron chi connectivity index (χ0n) is 17.2. The van der Waals surface area contributed by atoms with Gasteiger partial charge in [-0.15, -0.1) is 0 Å². The van der Waals surface area contributed by atoms with E-state index in [1.165, 1.54) is 5.56 Å². The Labute approximate surface area is 178 Å². The van der Waals surface area contributed by atoms with E-state index in [2.05, 4.69) is 34.5 Å². The van der Waals surface area contributed by atoms with Crippen LogP contribution in [0.4, 0.5) is 5.69 Å². The standard InChI is InChI=1S/C26H28N2O2/c29-26(27-25-14-8-7-13-24(25)22-11-5-2-6-12-22)19-28-17-15-23(16-18-28)30-20-21-9-3-1-4-10-21/h1-14,23H,15-20H2,(H,27,29). The number of anilines is 1. The van der Waals surface area contributed by atoms with Gasteiger partial charge in [0.05, 0.1) is 19.3 Å². The Morgan fingerprint density at radius 1 is 0.867 bits per heavy atom. The number of rotatable bonds is 7. The van der Waals surface area contributed by atoms with Gasteiger partial charge < -0.3 is 10.1 Å². The highest BCUT2D eigenvalue weighted by Crippen LogP contribution is 2.27. The Kier molecular flexibility index (Phi) is 6.91. The monoisotopic (exact) mass is 400 g/mol. The zero-order valence-corrected chi connectivity index (χ0v) is 17.2. The van der Waals surface area contributed by atoms with Crippen LogP contribution in [0.15, 0.2) is 84.9 Å². The van der Waals surface area contributed by atoms with Crippen molar-refractivity contribution in [3.63, 3.8) is 0 Å². The van der Waals surface area contributed by atoms with Crippen molar-refractivity contribution in [1.82, 2.24) is 4.90 Å². The molecule has 0 bridgehead atoms. The molecule has 0 atom stereocenters. The largest absolute Gasteiger partial charge is 0.373 e. The quantitative estimate of drug-likeness (QED) is 0.609. The van der Waals surface area contributed by atoms with Gasteiger partial charge in [0.25, 0.3) is 0 Å². The van der Waals surface area contributed by atoms with Crippen LogP contribution in [-0.2, 0) is 16.1 Å². The highest BCUT2D eigenvalue weighted by molar-refractivity contribution is 5.96. The number of nitrogens with one attached hydrogen (secondary N) is 1. The maximum atomic E-state index is 12.7. The van der Waals surface area contributed by atoms with Gasteiger partial charge in [-0.1, -0.05) is 78.9 Å². The molecule has 154 valence electrons. The topological polar surface area (TPSA) is 41.6 Å². The number of hydrogen-bond acceptors (Lipinski definition) is 3. The van der Waals surface area contributed by atoms with Crippen LogP contribution in [0.2, 0.25) is 0 Å². The summed E-state index contributed by atoms with van der Waals surface area (Å²) in [5.41, 5.74) is 4.20. The van der Waals surface area contributed by atoms with Crippen LogP contribution >= 0.6 is 0 Å². The second-order valence-electron chi connectivity index (χ2n) is 7.73. The molecule has 1 aliphatic heterocycles. The van der Waals surface area contributed by atoms with Crippen LogP contribution in [0.25, 0.3) is 11.1 Å². The van der Waals surface area contributed by atoms with E-state index in [1.807, 2.05) is 60.7 Å². The number of benzene rings is 3. The maximum Gasteiger partial charge on any atom is 0.238 e. The van der Waals surface area contributed by atoms with E-state index in [4.69, 9.17) is 4.74 Å². The van der Waals surface area contributed by atoms with Gasteiger partial charge in [0, 0.05) is 24.3 Å². The number of piperidine rings is 1. The van der Waals surface area contributed by atoms with Gasteiger partial charge in [0.2, 0.25) is 5.91 Å². The van der Waals surface area contributed by atoms with Gasteiger partial charge >= 0.3 is 0 Å². The number of ether oxygens (including phenoxy) is 1. The van der Waals surface area contributed by atoms with Gasteiger partial charge in [-0.25, -0.2) is 0 Å². The first-order valence-electron chi connectivity index (χ1n) is 10.6. The molecule has 30 heavy (non-hydrogen) atoms. The summed E-state index contributed by atoms with van der Waals surface area (Å²) in [5, 5.41) is 3.10. The SMILES string of the molecule is O=C(CN1CCC(OCc2ccccc2)CC1)Nc1ccccc1-c1ccccc1. The maximum absolute atomic E-state index is 12.7. The van der Waals surface area contributed by atoms with Crippen LogP contribution in [0, 0.1) is 0 Å². The molecule has 0 aromatic heterocycles. The summed E-state index contributed by atoms with van der Waals surface area (Å²) in [4.78, 5) is 14.9. The summed E-state index contributed by atoms with van der Waals surface area (Å²) in [6, 6.07) is 28.4. The Balaban J connectivity index is 1.26. The lowest BCUT2D eigenvalue weighted by atomic mass is 10.0. The molecule has 0 spiro atoms. The third-order valence-corrected chi connectivity index (χ3v) is 5.52. The van der Waals surface area contributed by atoms with Gasteiger partial charge in [-0.05, 0) is 30.0 Å².